The van der Waals surface area contributed by atoms with Gasteiger partial charge < -0.3 is 0 Å². The van der Waals surface area contributed by atoms with E-state index in [0.29, 0.717) is 17.1 Å². The summed E-state index contributed by atoms with van der Waals surface area (Å²) in [6, 6.07) is 16.1. The lowest BCUT2D eigenvalue weighted by atomic mass is 10.00. The molecule has 0 unspecified atom stereocenters. The maximum absolute atomic E-state index is 9.09. The molecule has 0 aliphatic carbocycles. The fourth-order valence-corrected chi connectivity index (χ4v) is 3.68. The SMILES string of the molecule is C/C=C(/Cn1nc(C)c(-c2ccc(C#N)c(Cl)c2)c1C)c1ccccc1C. The highest BCUT2D eigenvalue weighted by Gasteiger charge is 2.16. The van der Waals surface area contributed by atoms with Crippen LogP contribution in [0.5, 0.6) is 0 Å². The molecule has 0 saturated heterocycles. The van der Waals surface area contributed by atoms with Crippen LogP contribution >= 0.6 is 11.6 Å². The molecule has 0 radical (unpaired) electrons. The van der Waals surface area contributed by atoms with Crippen molar-refractivity contribution >= 4 is 17.2 Å². The minimum absolute atomic E-state index is 0.468. The first-order valence-electron chi connectivity index (χ1n) is 8.91. The van der Waals surface area contributed by atoms with Crippen molar-refractivity contribution in [2.75, 3.05) is 0 Å². The number of nitrogens with zero attached hydrogens (tertiary/aromatic N) is 3. The van der Waals surface area contributed by atoms with E-state index in [9.17, 15) is 0 Å². The van der Waals surface area contributed by atoms with E-state index in [2.05, 4.69) is 57.2 Å². The smallest absolute Gasteiger partial charge is 0.101 e. The molecule has 3 aromatic rings. The van der Waals surface area contributed by atoms with Gasteiger partial charge in [0, 0.05) is 11.3 Å². The van der Waals surface area contributed by atoms with Crippen molar-refractivity contribution in [1.29, 1.82) is 5.26 Å². The van der Waals surface area contributed by atoms with Crippen molar-refractivity contribution in [2.45, 2.75) is 34.2 Å². The van der Waals surface area contributed by atoms with Crippen molar-refractivity contribution in [1.82, 2.24) is 9.78 Å². The van der Waals surface area contributed by atoms with Crippen LogP contribution in [0.25, 0.3) is 16.7 Å². The normalized spacial score (nSPS) is 11.5. The van der Waals surface area contributed by atoms with Crippen LogP contribution in [0.3, 0.4) is 0 Å². The molecule has 1 heterocycles. The van der Waals surface area contributed by atoms with Gasteiger partial charge in [-0.3, -0.25) is 4.68 Å². The topological polar surface area (TPSA) is 41.6 Å². The molecule has 27 heavy (non-hydrogen) atoms. The lowest BCUT2D eigenvalue weighted by Crippen LogP contribution is -2.05. The predicted octanol–water partition coefficient (Wildman–Crippen LogP) is 6.10. The highest BCUT2D eigenvalue weighted by molar-refractivity contribution is 6.32. The summed E-state index contributed by atoms with van der Waals surface area (Å²) in [5.41, 5.74) is 8.32. The maximum atomic E-state index is 9.09. The Bertz CT molecular complexity index is 1070. The molecule has 0 bridgehead atoms. The number of allylic oxidation sites excluding steroid dienone is 2. The van der Waals surface area contributed by atoms with Crippen molar-refractivity contribution in [2.24, 2.45) is 0 Å². The molecule has 0 aliphatic rings. The molecule has 0 saturated carbocycles. The number of benzene rings is 2. The second kappa shape index (κ2) is 7.82. The average molecular weight is 376 g/mol. The molecule has 0 fully saturated rings. The molecule has 0 atom stereocenters. The molecular weight excluding hydrogens is 354 g/mol. The summed E-state index contributed by atoms with van der Waals surface area (Å²) >= 11 is 6.24. The van der Waals surface area contributed by atoms with Crippen LogP contribution in [0.4, 0.5) is 0 Å². The fraction of sp³-hybridized carbons (Fsp3) is 0.217. The number of aromatic nitrogens is 2. The van der Waals surface area contributed by atoms with E-state index in [-0.39, 0.29) is 0 Å². The lowest BCUT2D eigenvalue weighted by molar-refractivity contribution is 0.681. The van der Waals surface area contributed by atoms with Gasteiger partial charge in [-0.25, -0.2) is 0 Å². The van der Waals surface area contributed by atoms with Gasteiger partial charge in [-0.15, -0.1) is 0 Å². The van der Waals surface area contributed by atoms with Gasteiger partial charge in [-0.2, -0.15) is 10.4 Å². The van der Waals surface area contributed by atoms with Gasteiger partial charge in [0.1, 0.15) is 6.07 Å². The number of nitriles is 1. The Morgan fingerprint density at radius 1 is 1.19 bits per heavy atom. The zero-order valence-corrected chi connectivity index (χ0v) is 16.8. The van der Waals surface area contributed by atoms with E-state index in [1.54, 1.807) is 6.07 Å². The molecule has 4 heteroatoms. The van der Waals surface area contributed by atoms with E-state index in [0.717, 1.165) is 22.5 Å². The predicted molar refractivity (Wildman–Crippen MR) is 112 cm³/mol. The zero-order valence-electron chi connectivity index (χ0n) is 16.0. The van der Waals surface area contributed by atoms with Gasteiger partial charge in [0.05, 0.1) is 22.8 Å². The molecule has 3 rings (SSSR count). The van der Waals surface area contributed by atoms with Gasteiger partial charge in [-0.1, -0.05) is 48.0 Å². The Kier molecular flexibility index (Phi) is 5.48. The average Bonchev–Trinajstić information content (AvgIpc) is 2.93. The number of hydrogen-bond donors (Lipinski definition) is 0. The van der Waals surface area contributed by atoms with Gasteiger partial charge >= 0.3 is 0 Å². The summed E-state index contributed by atoms with van der Waals surface area (Å²) in [6.45, 7) is 8.98. The van der Waals surface area contributed by atoms with Crippen LogP contribution in [0.2, 0.25) is 5.02 Å². The minimum atomic E-state index is 0.468. The van der Waals surface area contributed by atoms with E-state index in [1.807, 2.05) is 23.7 Å². The van der Waals surface area contributed by atoms with Crippen LogP contribution in [0.15, 0.2) is 48.5 Å². The second-order valence-electron chi connectivity index (χ2n) is 6.64. The molecule has 1 aromatic heterocycles. The standard InChI is InChI=1S/C23H22ClN3/c1-5-18(21-9-7-6-8-15(21)2)14-27-17(4)23(16(3)26-27)19-10-11-20(13-25)22(24)12-19/h5-12H,14H2,1-4H3/b18-5-. The van der Waals surface area contributed by atoms with Crippen LogP contribution in [0.1, 0.15) is 35.0 Å². The summed E-state index contributed by atoms with van der Waals surface area (Å²) in [5, 5.41) is 14.3. The van der Waals surface area contributed by atoms with Crippen LogP contribution < -0.4 is 0 Å². The largest absolute Gasteiger partial charge is 0.265 e. The number of halogens is 1. The van der Waals surface area contributed by atoms with Gasteiger partial charge in [-0.05, 0) is 62.1 Å². The Hall–Kier alpha value is -2.83. The first-order valence-corrected chi connectivity index (χ1v) is 9.29. The Morgan fingerprint density at radius 3 is 2.56 bits per heavy atom. The Morgan fingerprint density at radius 2 is 1.93 bits per heavy atom. The molecule has 2 aromatic carbocycles. The van der Waals surface area contributed by atoms with Gasteiger partial charge in [0.25, 0.3) is 0 Å². The van der Waals surface area contributed by atoms with Gasteiger partial charge in [0.15, 0.2) is 0 Å². The van der Waals surface area contributed by atoms with E-state index in [4.69, 9.17) is 22.0 Å². The minimum Gasteiger partial charge on any atom is -0.265 e. The molecule has 0 N–H and O–H groups in total. The van der Waals surface area contributed by atoms with Crippen LogP contribution in [-0.4, -0.2) is 9.78 Å². The number of hydrogen-bond acceptors (Lipinski definition) is 2. The van der Waals surface area contributed by atoms with Crippen LogP contribution in [0, 0.1) is 32.1 Å². The van der Waals surface area contributed by atoms with E-state index in [1.165, 1.54) is 16.7 Å². The monoisotopic (exact) mass is 375 g/mol. The van der Waals surface area contributed by atoms with Gasteiger partial charge in [0.2, 0.25) is 0 Å². The van der Waals surface area contributed by atoms with E-state index < -0.39 is 0 Å². The fourth-order valence-electron chi connectivity index (χ4n) is 3.46. The van der Waals surface area contributed by atoms with Crippen molar-refractivity contribution in [3.8, 4) is 17.2 Å². The first kappa shape index (κ1) is 18.9. The van der Waals surface area contributed by atoms with E-state index >= 15 is 0 Å². The second-order valence-corrected chi connectivity index (χ2v) is 7.05. The summed E-state index contributed by atoms with van der Waals surface area (Å²) in [4.78, 5) is 0. The quantitative estimate of drug-likeness (QED) is 0.552. The molecule has 0 spiro atoms. The Labute approximate surface area is 165 Å². The summed E-state index contributed by atoms with van der Waals surface area (Å²) in [5.74, 6) is 0. The highest BCUT2D eigenvalue weighted by Crippen LogP contribution is 2.31. The molecule has 0 amide bonds. The van der Waals surface area contributed by atoms with Crippen molar-refractivity contribution in [3.63, 3.8) is 0 Å². The lowest BCUT2D eigenvalue weighted by Gasteiger charge is -2.12. The third-order valence-corrected chi connectivity index (χ3v) is 5.23. The summed E-state index contributed by atoms with van der Waals surface area (Å²) in [7, 11) is 0. The molecule has 136 valence electrons. The molecule has 3 nitrogen and oxygen atoms in total. The van der Waals surface area contributed by atoms with Crippen molar-refractivity contribution < 1.29 is 0 Å². The first-order chi connectivity index (χ1) is 13.0. The summed E-state index contributed by atoms with van der Waals surface area (Å²) < 4.78 is 2.04. The number of rotatable bonds is 4. The van der Waals surface area contributed by atoms with Crippen LogP contribution in [-0.2, 0) is 6.54 Å². The molecular formula is C23H22ClN3. The third kappa shape index (κ3) is 3.67. The number of aryl methyl sites for hydroxylation is 2. The zero-order chi connectivity index (χ0) is 19.6. The summed E-state index contributed by atoms with van der Waals surface area (Å²) in [6.07, 6.45) is 2.15. The van der Waals surface area contributed by atoms with Crippen molar-refractivity contribution in [3.05, 3.63) is 81.6 Å². The highest BCUT2D eigenvalue weighted by atomic mass is 35.5. The maximum Gasteiger partial charge on any atom is 0.101 e. The third-order valence-electron chi connectivity index (χ3n) is 4.92. The molecule has 0 aliphatic heterocycles. The Balaban J connectivity index is 2.00.